The normalized spacial score (nSPS) is 15.0. The van der Waals surface area contributed by atoms with E-state index in [-0.39, 0.29) is 0 Å². The summed E-state index contributed by atoms with van der Waals surface area (Å²) in [4.78, 5) is 12.7. The van der Waals surface area contributed by atoms with Crippen LogP contribution in [-0.2, 0) is 0 Å². The maximum Gasteiger partial charge on any atom is 0.138 e. The number of hydrogen-bond acceptors (Lipinski definition) is 3. The maximum absolute atomic E-state index is 6.07. The largest absolute Gasteiger partial charge is 0.369 e. The predicted octanol–water partition coefficient (Wildman–Crippen LogP) is 5.31. The van der Waals surface area contributed by atoms with E-state index < -0.39 is 0 Å². The molecule has 0 bridgehead atoms. The van der Waals surface area contributed by atoms with E-state index in [0.29, 0.717) is 10.0 Å². The Labute approximate surface area is 164 Å². The Balaban J connectivity index is 0.000000948. The third-order valence-corrected chi connectivity index (χ3v) is 5.26. The number of likely N-dealkylation sites (N-methyl/N-ethyl adjacent to an activating group) is 1. The lowest BCUT2D eigenvalue weighted by Crippen LogP contribution is -2.44. The zero-order chi connectivity index (χ0) is 18.7. The molecule has 0 spiro atoms. The van der Waals surface area contributed by atoms with Gasteiger partial charge in [0.25, 0.3) is 0 Å². The molecule has 2 aromatic carbocycles. The van der Waals surface area contributed by atoms with Gasteiger partial charge >= 0.3 is 0 Å². The number of aromatic amines is 1. The first-order valence-electron chi connectivity index (χ1n) is 8.99. The van der Waals surface area contributed by atoms with Crippen molar-refractivity contribution in [3.63, 3.8) is 0 Å². The highest BCUT2D eigenvalue weighted by atomic mass is 35.5. The molecule has 1 fully saturated rings. The minimum Gasteiger partial charge on any atom is -0.369 e. The van der Waals surface area contributed by atoms with Gasteiger partial charge in [0.15, 0.2) is 0 Å². The lowest BCUT2D eigenvalue weighted by molar-refractivity contribution is 0.313. The van der Waals surface area contributed by atoms with Crippen molar-refractivity contribution in [2.45, 2.75) is 13.8 Å². The zero-order valence-corrected chi connectivity index (χ0v) is 16.9. The number of anilines is 1. The molecule has 3 aromatic rings. The van der Waals surface area contributed by atoms with Gasteiger partial charge in [-0.3, -0.25) is 0 Å². The topological polar surface area (TPSA) is 35.2 Å². The highest BCUT2D eigenvalue weighted by Crippen LogP contribution is 2.29. The van der Waals surface area contributed by atoms with Crippen molar-refractivity contribution in [3.05, 3.63) is 46.4 Å². The summed E-state index contributed by atoms with van der Waals surface area (Å²) < 4.78 is 0. The van der Waals surface area contributed by atoms with Gasteiger partial charge < -0.3 is 14.8 Å². The molecule has 0 saturated carbocycles. The molecule has 4 rings (SSSR count). The number of hydrogen-bond donors (Lipinski definition) is 1. The monoisotopic (exact) mass is 390 g/mol. The number of H-pyrrole nitrogens is 1. The number of piperazine rings is 1. The van der Waals surface area contributed by atoms with Crippen molar-refractivity contribution in [2.75, 3.05) is 38.1 Å². The van der Waals surface area contributed by atoms with E-state index in [2.05, 4.69) is 51.1 Å². The van der Waals surface area contributed by atoms with Gasteiger partial charge in [-0.15, -0.1) is 0 Å². The molecule has 0 aliphatic carbocycles. The minimum atomic E-state index is 0.521. The Bertz CT molecular complexity index is 826. The molecular formula is C20H24Cl2N4. The minimum absolute atomic E-state index is 0.521. The number of aromatic nitrogens is 2. The van der Waals surface area contributed by atoms with Crippen LogP contribution >= 0.6 is 23.2 Å². The average molecular weight is 391 g/mol. The molecule has 0 radical (unpaired) electrons. The SMILES string of the molecule is CC.CN1CCN(c2ccc(-c3nc4cc(Cl)c(Cl)cc4[nH]3)cc2)CC1. The van der Waals surface area contributed by atoms with Gasteiger partial charge in [-0.1, -0.05) is 37.0 Å². The first-order chi connectivity index (χ1) is 12.6. The van der Waals surface area contributed by atoms with Crippen LogP contribution in [0, 0.1) is 0 Å². The Morgan fingerprint density at radius 1 is 0.923 bits per heavy atom. The van der Waals surface area contributed by atoms with Gasteiger partial charge in [-0.25, -0.2) is 4.98 Å². The fraction of sp³-hybridized carbons (Fsp3) is 0.350. The second-order valence-corrected chi connectivity index (χ2v) is 7.02. The molecule has 1 aromatic heterocycles. The van der Waals surface area contributed by atoms with Crippen LogP contribution in [0.4, 0.5) is 5.69 Å². The maximum atomic E-state index is 6.07. The molecule has 26 heavy (non-hydrogen) atoms. The molecule has 138 valence electrons. The summed E-state index contributed by atoms with van der Waals surface area (Å²) in [5.74, 6) is 0.827. The van der Waals surface area contributed by atoms with Crippen LogP contribution in [-0.4, -0.2) is 48.1 Å². The van der Waals surface area contributed by atoms with Crippen molar-refractivity contribution >= 4 is 39.9 Å². The molecule has 0 unspecified atom stereocenters. The van der Waals surface area contributed by atoms with E-state index in [1.807, 2.05) is 19.9 Å². The van der Waals surface area contributed by atoms with Gasteiger partial charge in [0, 0.05) is 37.4 Å². The third-order valence-electron chi connectivity index (χ3n) is 4.53. The molecule has 1 aliphatic heterocycles. The second kappa shape index (κ2) is 8.30. The van der Waals surface area contributed by atoms with E-state index in [1.54, 1.807) is 6.07 Å². The Hall–Kier alpha value is -1.75. The fourth-order valence-corrected chi connectivity index (χ4v) is 3.36. The summed E-state index contributed by atoms with van der Waals surface area (Å²) in [6.45, 7) is 8.34. The van der Waals surface area contributed by atoms with Crippen molar-refractivity contribution in [1.29, 1.82) is 0 Å². The number of halogens is 2. The van der Waals surface area contributed by atoms with Gasteiger partial charge in [0.2, 0.25) is 0 Å². The number of benzene rings is 2. The second-order valence-electron chi connectivity index (χ2n) is 6.21. The lowest BCUT2D eigenvalue weighted by atomic mass is 10.1. The molecule has 0 amide bonds. The average Bonchev–Trinajstić information content (AvgIpc) is 3.07. The van der Waals surface area contributed by atoms with Crippen molar-refractivity contribution in [2.24, 2.45) is 0 Å². The van der Waals surface area contributed by atoms with E-state index in [1.165, 1.54) is 5.69 Å². The Morgan fingerprint density at radius 3 is 2.19 bits per heavy atom. The summed E-state index contributed by atoms with van der Waals surface area (Å²) in [6.07, 6.45) is 0. The highest BCUT2D eigenvalue weighted by Gasteiger charge is 2.14. The summed E-state index contributed by atoms with van der Waals surface area (Å²) in [5, 5.41) is 1.05. The van der Waals surface area contributed by atoms with Crippen LogP contribution in [0.25, 0.3) is 22.4 Å². The van der Waals surface area contributed by atoms with E-state index in [9.17, 15) is 0 Å². The molecule has 6 heteroatoms. The molecular weight excluding hydrogens is 367 g/mol. The van der Waals surface area contributed by atoms with Crippen LogP contribution in [0.15, 0.2) is 36.4 Å². The molecule has 1 N–H and O–H groups in total. The first-order valence-corrected chi connectivity index (χ1v) is 9.74. The molecule has 2 heterocycles. The molecule has 1 aliphatic rings. The van der Waals surface area contributed by atoms with Crippen LogP contribution in [0.5, 0.6) is 0 Å². The number of imidazole rings is 1. The first kappa shape index (κ1) is 19.0. The van der Waals surface area contributed by atoms with Gasteiger partial charge in [0.05, 0.1) is 21.1 Å². The van der Waals surface area contributed by atoms with E-state index >= 15 is 0 Å². The zero-order valence-electron chi connectivity index (χ0n) is 15.4. The van der Waals surface area contributed by atoms with Crippen LogP contribution < -0.4 is 4.90 Å². The van der Waals surface area contributed by atoms with Crippen LogP contribution in [0.1, 0.15) is 13.8 Å². The number of nitrogens with one attached hydrogen (secondary N) is 1. The van der Waals surface area contributed by atoms with Gasteiger partial charge in [0.1, 0.15) is 5.82 Å². The van der Waals surface area contributed by atoms with Crippen LogP contribution in [0.3, 0.4) is 0 Å². The van der Waals surface area contributed by atoms with E-state index in [4.69, 9.17) is 23.2 Å². The summed E-state index contributed by atoms with van der Waals surface area (Å²) >= 11 is 12.1. The molecule has 1 saturated heterocycles. The predicted molar refractivity (Wildman–Crippen MR) is 113 cm³/mol. The Kier molecular flexibility index (Phi) is 6.07. The summed E-state index contributed by atoms with van der Waals surface area (Å²) in [6, 6.07) is 12.1. The van der Waals surface area contributed by atoms with Crippen molar-refractivity contribution < 1.29 is 0 Å². The van der Waals surface area contributed by atoms with Crippen LogP contribution in [0.2, 0.25) is 10.0 Å². The molecule has 0 atom stereocenters. The van der Waals surface area contributed by atoms with Gasteiger partial charge in [-0.2, -0.15) is 0 Å². The van der Waals surface area contributed by atoms with Gasteiger partial charge in [-0.05, 0) is 43.4 Å². The Morgan fingerprint density at radius 2 is 1.54 bits per heavy atom. The quantitative estimate of drug-likeness (QED) is 0.643. The molecule has 4 nitrogen and oxygen atoms in total. The fourth-order valence-electron chi connectivity index (χ4n) is 3.04. The summed E-state index contributed by atoms with van der Waals surface area (Å²) in [7, 11) is 2.17. The number of nitrogens with zero attached hydrogens (tertiary/aromatic N) is 3. The lowest BCUT2D eigenvalue weighted by Gasteiger charge is -2.34. The standard InChI is InChI=1S/C18H18Cl2N4.C2H6/c1-23-6-8-24(9-7-23)13-4-2-12(3-5-13)18-21-16-10-14(19)15(20)11-17(16)22-18;1-2/h2-5,10-11H,6-9H2,1H3,(H,21,22);1-2H3. The van der Waals surface area contributed by atoms with E-state index in [0.717, 1.165) is 48.6 Å². The van der Waals surface area contributed by atoms with Crippen molar-refractivity contribution in [1.82, 2.24) is 14.9 Å². The number of fused-ring (bicyclic) bond motifs is 1. The third kappa shape index (κ3) is 3.98. The number of rotatable bonds is 2. The smallest absolute Gasteiger partial charge is 0.138 e. The van der Waals surface area contributed by atoms with Crippen molar-refractivity contribution in [3.8, 4) is 11.4 Å². The highest BCUT2D eigenvalue weighted by molar-refractivity contribution is 6.42. The summed E-state index contributed by atoms with van der Waals surface area (Å²) in [5.41, 5.74) is 4.02.